The minimum Gasteiger partial charge on any atom is -0.507 e. The number of carbonyl (C=O) groups is 1. The minimum atomic E-state index is -1.07. The summed E-state index contributed by atoms with van der Waals surface area (Å²) in [5.41, 5.74) is 2.41. The van der Waals surface area contributed by atoms with E-state index < -0.39 is 12.6 Å². The number of phenols is 1. The lowest BCUT2D eigenvalue weighted by Crippen LogP contribution is -2.43. The molecule has 0 unspecified atom stereocenters. The summed E-state index contributed by atoms with van der Waals surface area (Å²) in [6, 6.07) is 14.0. The van der Waals surface area contributed by atoms with Crippen molar-refractivity contribution in [3.05, 3.63) is 48.5 Å². The van der Waals surface area contributed by atoms with Crippen LogP contribution >= 0.6 is 0 Å². The highest BCUT2D eigenvalue weighted by atomic mass is 19.1. The van der Waals surface area contributed by atoms with Crippen molar-refractivity contribution in [3.8, 4) is 28.2 Å². The van der Waals surface area contributed by atoms with Gasteiger partial charge in [-0.1, -0.05) is 29.4 Å². The Bertz CT molecular complexity index is 997. The summed E-state index contributed by atoms with van der Waals surface area (Å²) in [6.45, 7) is 2.42. The SMILES string of the molecule is O=C(CF)Nc1ccc(-c2cccc(-c3cc(N4CCNCC4)no3)c2O)cc1. The third-order valence-corrected chi connectivity index (χ3v) is 4.84. The van der Waals surface area contributed by atoms with Crippen molar-refractivity contribution in [1.29, 1.82) is 0 Å². The first-order valence-electron chi connectivity index (χ1n) is 9.36. The molecule has 0 saturated carbocycles. The number of aromatic hydroxyl groups is 1. The zero-order chi connectivity index (χ0) is 20.2. The van der Waals surface area contributed by atoms with Crippen LogP contribution < -0.4 is 15.5 Å². The molecular formula is C21H21FN4O3. The molecule has 1 aliphatic heterocycles. The molecule has 0 spiro atoms. The van der Waals surface area contributed by atoms with Crippen molar-refractivity contribution >= 4 is 17.4 Å². The molecule has 1 saturated heterocycles. The van der Waals surface area contributed by atoms with E-state index in [1.54, 1.807) is 36.4 Å². The first-order valence-corrected chi connectivity index (χ1v) is 9.36. The number of amides is 1. The van der Waals surface area contributed by atoms with Gasteiger partial charge in [0.05, 0.1) is 5.56 Å². The summed E-state index contributed by atoms with van der Waals surface area (Å²) in [4.78, 5) is 13.3. The second-order valence-corrected chi connectivity index (χ2v) is 6.75. The maximum absolute atomic E-state index is 12.3. The highest BCUT2D eigenvalue weighted by Gasteiger charge is 2.19. The largest absolute Gasteiger partial charge is 0.507 e. The van der Waals surface area contributed by atoms with E-state index in [0.717, 1.165) is 37.6 Å². The summed E-state index contributed by atoms with van der Waals surface area (Å²) in [5, 5.41) is 20.7. The number of nitrogens with zero attached hydrogens (tertiary/aromatic N) is 2. The van der Waals surface area contributed by atoms with E-state index in [1.807, 2.05) is 12.1 Å². The maximum Gasteiger partial charge on any atom is 0.255 e. The smallest absolute Gasteiger partial charge is 0.255 e. The predicted molar refractivity (Wildman–Crippen MR) is 109 cm³/mol. The zero-order valence-corrected chi connectivity index (χ0v) is 15.7. The Kier molecular flexibility index (Phi) is 5.44. The molecule has 1 aromatic heterocycles. The maximum atomic E-state index is 12.3. The Hall–Kier alpha value is -3.39. The van der Waals surface area contributed by atoms with Gasteiger partial charge in [0.2, 0.25) is 0 Å². The van der Waals surface area contributed by atoms with Gasteiger partial charge in [0, 0.05) is 43.5 Å². The van der Waals surface area contributed by atoms with E-state index in [-0.39, 0.29) is 5.75 Å². The van der Waals surface area contributed by atoms with Crippen LogP contribution in [-0.2, 0) is 4.79 Å². The Morgan fingerprint density at radius 1 is 1.17 bits per heavy atom. The molecule has 0 radical (unpaired) electrons. The number of hydrogen-bond acceptors (Lipinski definition) is 6. The number of anilines is 2. The highest BCUT2D eigenvalue weighted by Crippen LogP contribution is 2.39. The topological polar surface area (TPSA) is 90.6 Å². The second kappa shape index (κ2) is 8.32. The average Bonchev–Trinajstić information content (AvgIpc) is 3.25. The van der Waals surface area contributed by atoms with Gasteiger partial charge in [-0.05, 0) is 23.8 Å². The first-order chi connectivity index (χ1) is 14.2. The summed E-state index contributed by atoms with van der Waals surface area (Å²) in [7, 11) is 0. The van der Waals surface area contributed by atoms with Crippen LogP contribution in [0.3, 0.4) is 0 Å². The number of alkyl halides is 1. The van der Waals surface area contributed by atoms with Crippen LogP contribution in [0.25, 0.3) is 22.5 Å². The first kappa shape index (κ1) is 18.9. The molecular weight excluding hydrogens is 375 g/mol. The number of para-hydroxylation sites is 1. The minimum absolute atomic E-state index is 0.0797. The number of piperazine rings is 1. The van der Waals surface area contributed by atoms with E-state index in [9.17, 15) is 14.3 Å². The summed E-state index contributed by atoms with van der Waals surface area (Å²) < 4.78 is 17.8. The fourth-order valence-corrected chi connectivity index (χ4v) is 3.34. The molecule has 7 nitrogen and oxygen atoms in total. The lowest BCUT2D eigenvalue weighted by atomic mass is 10.00. The predicted octanol–water partition coefficient (Wildman–Crippen LogP) is 3.03. The van der Waals surface area contributed by atoms with Crippen molar-refractivity contribution in [2.45, 2.75) is 0 Å². The van der Waals surface area contributed by atoms with E-state index in [1.165, 1.54) is 0 Å². The normalized spacial score (nSPS) is 14.0. The van der Waals surface area contributed by atoms with Gasteiger partial charge in [-0.25, -0.2) is 4.39 Å². The Balaban J connectivity index is 1.59. The molecule has 1 aliphatic rings. The summed E-state index contributed by atoms with van der Waals surface area (Å²) in [5.74, 6) is 0.619. The van der Waals surface area contributed by atoms with Gasteiger partial charge in [-0.15, -0.1) is 0 Å². The van der Waals surface area contributed by atoms with Crippen LogP contribution in [0.15, 0.2) is 53.1 Å². The molecule has 29 heavy (non-hydrogen) atoms. The van der Waals surface area contributed by atoms with Crippen LogP contribution in [0.5, 0.6) is 5.75 Å². The molecule has 8 heteroatoms. The number of phenolic OH excluding ortho intramolecular Hbond substituents is 1. The van der Waals surface area contributed by atoms with Crippen LogP contribution in [0, 0.1) is 0 Å². The van der Waals surface area contributed by atoms with E-state index in [2.05, 4.69) is 20.7 Å². The van der Waals surface area contributed by atoms with Gasteiger partial charge < -0.3 is 25.2 Å². The monoisotopic (exact) mass is 396 g/mol. The molecule has 0 aliphatic carbocycles. The number of benzene rings is 2. The van der Waals surface area contributed by atoms with E-state index in [0.29, 0.717) is 22.6 Å². The molecule has 3 N–H and O–H groups in total. The van der Waals surface area contributed by atoms with Gasteiger partial charge >= 0.3 is 0 Å². The van der Waals surface area contributed by atoms with Crippen LogP contribution in [0.1, 0.15) is 0 Å². The van der Waals surface area contributed by atoms with Crippen molar-refractivity contribution in [2.24, 2.45) is 0 Å². The second-order valence-electron chi connectivity index (χ2n) is 6.75. The van der Waals surface area contributed by atoms with Crippen LogP contribution in [0.2, 0.25) is 0 Å². The fraction of sp³-hybridized carbons (Fsp3) is 0.238. The highest BCUT2D eigenvalue weighted by molar-refractivity contribution is 5.92. The third kappa shape index (κ3) is 4.07. The van der Waals surface area contributed by atoms with Crippen LogP contribution in [0.4, 0.5) is 15.9 Å². The molecule has 0 bridgehead atoms. The van der Waals surface area contributed by atoms with Gasteiger partial charge in [0.15, 0.2) is 18.3 Å². The number of hydrogen-bond donors (Lipinski definition) is 3. The molecule has 0 atom stereocenters. The molecule has 150 valence electrons. The number of halogens is 1. The Labute approximate surface area is 167 Å². The van der Waals surface area contributed by atoms with Crippen molar-refractivity contribution in [1.82, 2.24) is 10.5 Å². The van der Waals surface area contributed by atoms with E-state index in [4.69, 9.17) is 4.52 Å². The Morgan fingerprint density at radius 3 is 2.62 bits per heavy atom. The number of aromatic nitrogens is 1. The quantitative estimate of drug-likeness (QED) is 0.614. The molecule has 1 fully saturated rings. The van der Waals surface area contributed by atoms with Crippen LogP contribution in [-0.4, -0.2) is 49.0 Å². The fourth-order valence-electron chi connectivity index (χ4n) is 3.34. The molecule has 2 aromatic carbocycles. The summed E-state index contributed by atoms with van der Waals surface area (Å²) >= 11 is 0. The summed E-state index contributed by atoms with van der Waals surface area (Å²) in [6.07, 6.45) is 0. The van der Waals surface area contributed by atoms with Gasteiger partial charge in [0.1, 0.15) is 5.75 Å². The van der Waals surface area contributed by atoms with Gasteiger partial charge in [-0.3, -0.25) is 4.79 Å². The Morgan fingerprint density at radius 2 is 1.90 bits per heavy atom. The number of nitrogens with one attached hydrogen (secondary N) is 2. The van der Waals surface area contributed by atoms with E-state index >= 15 is 0 Å². The standard InChI is InChI=1S/C21H21FN4O3/c22-13-20(27)24-15-6-4-14(5-7-15)16-2-1-3-17(21(16)28)18-12-19(25-29-18)26-10-8-23-9-11-26/h1-7,12,23,28H,8-11,13H2,(H,24,27). The van der Waals surface area contributed by atoms with Crippen molar-refractivity contribution in [3.63, 3.8) is 0 Å². The number of rotatable bonds is 5. The molecule has 3 aromatic rings. The lowest BCUT2D eigenvalue weighted by molar-refractivity contribution is -0.117. The third-order valence-electron chi connectivity index (χ3n) is 4.84. The molecule has 2 heterocycles. The zero-order valence-electron chi connectivity index (χ0n) is 15.7. The average molecular weight is 396 g/mol. The molecule has 1 amide bonds. The lowest BCUT2D eigenvalue weighted by Gasteiger charge is -2.26. The van der Waals surface area contributed by atoms with Crippen molar-refractivity contribution in [2.75, 3.05) is 43.1 Å². The number of carbonyl (C=O) groups excluding carboxylic acids is 1. The van der Waals surface area contributed by atoms with Gasteiger partial charge in [-0.2, -0.15) is 0 Å². The van der Waals surface area contributed by atoms with Crippen molar-refractivity contribution < 1.29 is 18.8 Å². The van der Waals surface area contributed by atoms with Gasteiger partial charge in [0.25, 0.3) is 5.91 Å². The molecule has 4 rings (SSSR count).